The Morgan fingerprint density at radius 1 is 1.57 bits per heavy atom. The number of morpholine rings is 1. The highest BCUT2D eigenvalue weighted by Gasteiger charge is 2.24. The van der Waals surface area contributed by atoms with E-state index in [1.54, 1.807) is 11.3 Å². The number of β-amino-alcohol motifs (C(OH)–C–C–N with tert-alkyl or cyclic N) is 1. The van der Waals surface area contributed by atoms with Crippen LogP contribution in [0.25, 0.3) is 0 Å². The largest absolute Gasteiger partial charge is 0.390 e. The van der Waals surface area contributed by atoms with E-state index in [-0.39, 0.29) is 18.3 Å². The second-order valence-corrected chi connectivity index (χ2v) is 6.29. The predicted octanol–water partition coefficient (Wildman–Crippen LogP) is 1.29. The van der Waals surface area contributed by atoms with Crippen LogP contribution in [0.1, 0.15) is 11.7 Å². The Bertz CT molecular complexity index is 645. The van der Waals surface area contributed by atoms with Crippen LogP contribution in [0.15, 0.2) is 29.2 Å². The smallest absolute Gasteiger partial charge is 0.306 e. The lowest BCUT2D eigenvalue weighted by Gasteiger charge is -2.33. The molecule has 0 radical (unpaired) electrons. The van der Waals surface area contributed by atoms with Crippen LogP contribution in [0, 0.1) is 10.1 Å². The van der Waals surface area contributed by atoms with E-state index in [4.69, 9.17) is 4.74 Å². The Hall–Kier alpha value is -1.81. The molecule has 1 saturated heterocycles. The SMILES string of the molecule is O=[N+]([O-])c1cnn(CC(O)CN2CCOC(c3ccsc3)C2)c1. The van der Waals surface area contributed by atoms with Crippen molar-refractivity contribution in [3.05, 3.63) is 44.9 Å². The maximum Gasteiger partial charge on any atom is 0.306 e. The van der Waals surface area contributed by atoms with Crippen molar-refractivity contribution in [1.29, 1.82) is 0 Å². The summed E-state index contributed by atoms with van der Waals surface area (Å²) in [5.41, 5.74) is 1.10. The van der Waals surface area contributed by atoms with Gasteiger partial charge >= 0.3 is 5.69 Å². The Morgan fingerprint density at radius 2 is 2.43 bits per heavy atom. The number of thiophene rings is 1. The molecule has 9 heteroatoms. The zero-order chi connectivity index (χ0) is 16.2. The minimum atomic E-state index is -0.643. The van der Waals surface area contributed by atoms with E-state index in [2.05, 4.69) is 21.4 Å². The number of nitro groups is 1. The van der Waals surface area contributed by atoms with Crippen LogP contribution in [-0.2, 0) is 11.3 Å². The summed E-state index contributed by atoms with van der Waals surface area (Å²) in [5.74, 6) is 0. The summed E-state index contributed by atoms with van der Waals surface area (Å²) in [6.45, 7) is 2.83. The van der Waals surface area contributed by atoms with E-state index >= 15 is 0 Å². The van der Waals surface area contributed by atoms with Gasteiger partial charge in [0.2, 0.25) is 0 Å². The fraction of sp³-hybridized carbons (Fsp3) is 0.500. The maximum atomic E-state index is 10.6. The summed E-state index contributed by atoms with van der Waals surface area (Å²) in [6.07, 6.45) is 1.91. The molecule has 2 atom stereocenters. The van der Waals surface area contributed by atoms with Crippen molar-refractivity contribution in [1.82, 2.24) is 14.7 Å². The number of rotatable bonds is 6. The number of hydrogen-bond donors (Lipinski definition) is 1. The molecule has 0 amide bonds. The third-order valence-corrected chi connectivity index (χ3v) is 4.46. The van der Waals surface area contributed by atoms with Gasteiger partial charge in [0.1, 0.15) is 12.4 Å². The van der Waals surface area contributed by atoms with Crippen LogP contribution in [0.5, 0.6) is 0 Å². The van der Waals surface area contributed by atoms with Gasteiger partial charge in [0.05, 0.1) is 30.3 Å². The molecule has 0 saturated carbocycles. The summed E-state index contributed by atoms with van der Waals surface area (Å²) < 4.78 is 7.18. The summed E-state index contributed by atoms with van der Waals surface area (Å²) in [5, 5.41) is 28.8. The molecule has 2 unspecified atom stereocenters. The van der Waals surface area contributed by atoms with Gasteiger partial charge in [0.25, 0.3) is 0 Å². The fourth-order valence-electron chi connectivity index (χ4n) is 2.65. The first-order valence-corrected chi connectivity index (χ1v) is 8.27. The number of aromatic nitrogens is 2. The Morgan fingerprint density at radius 3 is 3.13 bits per heavy atom. The van der Waals surface area contributed by atoms with E-state index in [1.165, 1.54) is 17.1 Å². The van der Waals surface area contributed by atoms with Crippen molar-refractivity contribution in [2.45, 2.75) is 18.8 Å². The molecule has 1 N–H and O–H groups in total. The molecule has 1 fully saturated rings. The minimum absolute atomic E-state index is 0.0352. The van der Waals surface area contributed by atoms with Crippen LogP contribution >= 0.6 is 11.3 Å². The lowest BCUT2D eigenvalue weighted by molar-refractivity contribution is -0.385. The van der Waals surface area contributed by atoms with Crippen molar-refractivity contribution < 1.29 is 14.8 Å². The number of hydrogen-bond acceptors (Lipinski definition) is 7. The molecule has 2 aromatic rings. The molecule has 1 aliphatic rings. The average molecular weight is 338 g/mol. The van der Waals surface area contributed by atoms with Gasteiger partial charge in [-0.1, -0.05) is 0 Å². The standard InChI is InChI=1S/C14H18N4O4S/c19-13(8-17-6-12(5-15-17)18(20)21)7-16-2-3-22-14(9-16)11-1-4-23-10-11/h1,4-6,10,13-14,19H,2-3,7-9H2. The van der Waals surface area contributed by atoms with Crippen LogP contribution in [-0.4, -0.2) is 57.1 Å². The van der Waals surface area contributed by atoms with Gasteiger partial charge in [0.15, 0.2) is 0 Å². The van der Waals surface area contributed by atoms with Crippen molar-refractivity contribution >= 4 is 17.0 Å². The zero-order valence-electron chi connectivity index (χ0n) is 12.4. The van der Waals surface area contributed by atoms with E-state index in [0.717, 1.165) is 18.7 Å². The fourth-order valence-corrected chi connectivity index (χ4v) is 3.35. The Labute approximate surface area is 137 Å². The molecule has 23 heavy (non-hydrogen) atoms. The van der Waals surface area contributed by atoms with Gasteiger partial charge in [-0.3, -0.25) is 19.7 Å². The Kier molecular flexibility index (Phi) is 5.01. The summed E-state index contributed by atoms with van der Waals surface area (Å²) in [4.78, 5) is 12.3. The Balaban J connectivity index is 1.52. The molecule has 1 aliphatic heterocycles. The quantitative estimate of drug-likeness (QED) is 0.630. The predicted molar refractivity (Wildman–Crippen MR) is 84.3 cm³/mol. The highest BCUT2D eigenvalue weighted by atomic mass is 32.1. The van der Waals surface area contributed by atoms with Crippen molar-refractivity contribution in [2.24, 2.45) is 0 Å². The second-order valence-electron chi connectivity index (χ2n) is 5.51. The number of aliphatic hydroxyl groups excluding tert-OH is 1. The molecular formula is C14H18N4O4S. The lowest BCUT2D eigenvalue weighted by Crippen LogP contribution is -2.43. The highest BCUT2D eigenvalue weighted by molar-refractivity contribution is 7.07. The third kappa shape index (κ3) is 4.14. The van der Waals surface area contributed by atoms with Crippen LogP contribution in [0.3, 0.4) is 0 Å². The molecule has 3 heterocycles. The summed E-state index contributed by atoms with van der Waals surface area (Å²) in [7, 11) is 0. The summed E-state index contributed by atoms with van der Waals surface area (Å²) in [6, 6.07) is 2.05. The monoisotopic (exact) mass is 338 g/mol. The highest BCUT2D eigenvalue weighted by Crippen LogP contribution is 2.24. The molecule has 8 nitrogen and oxygen atoms in total. The number of nitrogens with zero attached hydrogens (tertiary/aromatic N) is 4. The number of ether oxygens (including phenoxy) is 1. The minimum Gasteiger partial charge on any atom is -0.390 e. The zero-order valence-corrected chi connectivity index (χ0v) is 13.3. The van der Waals surface area contributed by atoms with Gasteiger partial charge in [-0.2, -0.15) is 16.4 Å². The van der Waals surface area contributed by atoms with Crippen LogP contribution in [0.2, 0.25) is 0 Å². The van der Waals surface area contributed by atoms with Gasteiger partial charge in [-0.25, -0.2) is 0 Å². The molecular weight excluding hydrogens is 320 g/mol. The van der Waals surface area contributed by atoms with E-state index in [0.29, 0.717) is 13.2 Å². The first-order chi connectivity index (χ1) is 11.1. The number of aliphatic hydroxyl groups is 1. The van der Waals surface area contributed by atoms with Gasteiger partial charge in [0, 0.05) is 19.6 Å². The lowest BCUT2D eigenvalue weighted by atomic mass is 10.1. The van der Waals surface area contributed by atoms with Gasteiger partial charge in [-0.15, -0.1) is 0 Å². The van der Waals surface area contributed by atoms with Crippen LogP contribution in [0.4, 0.5) is 5.69 Å². The molecule has 0 bridgehead atoms. The van der Waals surface area contributed by atoms with Crippen LogP contribution < -0.4 is 0 Å². The maximum absolute atomic E-state index is 10.6. The molecule has 0 aromatic carbocycles. The van der Waals surface area contributed by atoms with E-state index in [1.807, 2.05) is 5.38 Å². The van der Waals surface area contributed by atoms with Gasteiger partial charge < -0.3 is 9.84 Å². The normalized spacial score (nSPS) is 20.5. The molecule has 0 aliphatic carbocycles. The molecule has 3 rings (SSSR count). The molecule has 2 aromatic heterocycles. The summed E-state index contributed by atoms with van der Waals surface area (Å²) >= 11 is 1.64. The first kappa shape index (κ1) is 16.1. The first-order valence-electron chi connectivity index (χ1n) is 7.33. The molecule has 124 valence electrons. The third-order valence-electron chi connectivity index (χ3n) is 3.76. The average Bonchev–Trinajstić information content (AvgIpc) is 3.18. The second kappa shape index (κ2) is 7.18. The topological polar surface area (TPSA) is 93.7 Å². The van der Waals surface area contributed by atoms with Gasteiger partial charge in [-0.05, 0) is 22.4 Å². The molecule has 0 spiro atoms. The van der Waals surface area contributed by atoms with Crippen molar-refractivity contribution in [3.8, 4) is 0 Å². The van der Waals surface area contributed by atoms with E-state index < -0.39 is 11.0 Å². The van der Waals surface area contributed by atoms with E-state index in [9.17, 15) is 15.2 Å². The van der Waals surface area contributed by atoms with Crippen molar-refractivity contribution in [2.75, 3.05) is 26.2 Å². The van der Waals surface area contributed by atoms with Crippen molar-refractivity contribution in [3.63, 3.8) is 0 Å².